The molecule has 1 fully saturated rings. The van der Waals surface area contributed by atoms with Gasteiger partial charge >= 0.3 is 14.0 Å². The van der Waals surface area contributed by atoms with Crippen LogP contribution < -0.4 is 5.32 Å². The Morgan fingerprint density at radius 3 is 2.62 bits per heavy atom. The molecule has 26 heavy (non-hydrogen) atoms. The van der Waals surface area contributed by atoms with Gasteiger partial charge in [-0.15, -0.1) is 0 Å². The molecule has 2 unspecified atom stereocenters. The number of carboxylic acids is 1. The first kappa shape index (κ1) is 21.0. The molecular formula is C19H29NO5P+. The minimum absolute atomic E-state index is 0.125. The van der Waals surface area contributed by atoms with Gasteiger partial charge in [-0.1, -0.05) is 31.4 Å². The maximum atomic E-state index is 11.8. The molecule has 1 saturated carbocycles. The van der Waals surface area contributed by atoms with Crippen LogP contribution in [0.2, 0.25) is 0 Å². The van der Waals surface area contributed by atoms with E-state index < -0.39 is 20.1 Å². The molecule has 0 spiro atoms. The van der Waals surface area contributed by atoms with Crippen LogP contribution in [0.25, 0.3) is 0 Å². The third-order valence-electron chi connectivity index (χ3n) is 5.28. The maximum absolute atomic E-state index is 11.8. The lowest BCUT2D eigenvalue weighted by atomic mass is 9.85. The zero-order valence-electron chi connectivity index (χ0n) is 15.2. The van der Waals surface area contributed by atoms with Crippen LogP contribution in [0.15, 0.2) is 24.3 Å². The van der Waals surface area contributed by atoms with Crippen LogP contribution in [-0.4, -0.2) is 39.4 Å². The third kappa shape index (κ3) is 6.13. The van der Waals surface area contributed by atoms with E-state index in [1.165, 1.54) is 6.42 Å². The van der Waals surface area contributed by atoms with Gasteiger partial charge in [0.15, 0.2) is 5.66 Å². The second-order valence-corrected chi connectivity index (χ2v) is 8.49. The fourth-order valence-corrected chi connectivity index (χ4v) is 4.80. The minimum Gasteiger partial charge on any atom is -0.478 e. The monoisotopic (exact) mass is 382 g/mol. The van der Waals surface area contributed by atoms with Crippen LogP contribution in [0, 0.1) is 5.92 Å². The molecule has 4 atom stereocenters. The van der Waals surface area contributed by atoms with E-state index in [1.807, 2.05) is 13.0 Å². The first-order valence-corrected chi connectivity index (χ1v) is 10.6. The minimum atomic E-state index is -2.30. The third-order valence-corrected chi connectivity index (χ3v) is 6.48. The van der Waals surface area contributed by atoms with Gasteiger partial charge in [-0.2, -0.15) is 4.89 Å². The molecule has 2 rings (SSSR count). The molecule has 144 valence electrons. The summed E-state index contributed by atoms with van der Waals surface area (Å²) in [5.41, 5.74) is 0.702. The zero-order valence-corrected chi connectivity index (χ0v) is 16.1. The summed E-state index contributed by atoms with van der Waals surface area (Å²) in [5, 5.41) is 22.6. The van der Waals surface area contributed by atoms with Gasteiger partial charge in [0.1, 0.15) is 0 Å². The Kier molecular flexibility index (Phi) is 8.16. The Hall–Kier alpha value is -1.33. The highest BCUT2D eigenvalue weighted by Gasteiger charge is 2.39. The van der Waals surface area contributed by atoms with Crippen molar-refractivity contribution in [2.45, 2.75) is 63.3 Å². The fourth-order valence-electron chi connectivity index (χ4n) is 3.72. The largest absolute Gasteiger partial charge is 0.509 e. The molecule has 4 N–H and O–H groups in total. The summed E-state index contributed by atoms with van der Waals surface area (Å²) in [5.74, 6) is -0.752. The molecule has 0 saturated heterocycles. The average molecular weight is 382 g/mol. The Balaban J connectivity index is 1.88. The number of hydrogen-bond donors (Lipinski definition) is 4. The van der Waals surface area contributed by atoms with Gasteiger partial charge in [0.25, 0.3) is 0 Å². The van der Waals surface area contributed by atoms with Gasteiger partial charge in [0.2, 0.25) is 0 Å². The second kappa shape index (κ2) is 10.1. The molecule has 6 nitrogen and oxygen atoms in total. The SMILES string of the molecule is C[C@@H](NC[C@@H](O)CC(C1CCCCC1)[P+](=O)O)c1cccc(C(=O)O)c1. The molecule has 1 aromatic carbocycles. The van der Waals surface area contributed by atoms with E-state index in [2.05, 4.69) is 5.32 Å². The molecule has 0 radical (unpaired) electrons. The molecule has 0 aromatic heterocycles. The first-order valence-electron chi connectivity index (χ1n) is 9.28. The zero-order chi connectivity index (χ0) is 19.1. The molecule has 0 bridgehead atoms. The second-order valence-electron chi connectivity index (χ2n) is 7.22. The molecule has 1 aliphatic carbocycles. The predicted octanol–water partition coefficient (Wildman–Crippen LogP) is 3.47. The van der Waals surface area contributed by atoms with Crippen LogP contribution in [0.3, 0.4) is 0 Å². The van der Waals surface area contributed by atoms with Gasteiger partial charge in [0, 0.05) is 24.9 Å². The summed E-state index contributed by atoms with van der Waals surface area (Å²) in [4.78, 5) is 20.7. The number of carbonyl (C=O) groups is 1. The lowest BCUT2D eigenvalue weighted by Gasteiger charge is -2.25. The number of aliphatic hydroxyl groups is 1. The highest BCUT2D eigenvalue weighted by Crippen LogP contribution is 2.40. The predicted molar refractivity (Wildman–Crippen MR) is 101 cm³/mol. The van der Waals surface area contributed by atoms with Gasteiger partial charge < -0.3 is 15.5 Å². The van der Waals surface area contributed by atoms with Crippen LogP contribution in [0.4, 0.5) is 0 Å². The summed E-state index contributed by atoms with van der Waals surface area (Å²) in [6.45, 7) is 2.20. The van der Waals surface area contributed by atoms with Crippen LogP contribution in [0.1, 0.15) is 67.4 Å². The topological polar surface area (TPSA) is 107 Å². The summed E-state index contributed by atoms with van der Waals surface area (Å²) in [6.07, 6.45) is 4.90. The highest BCUT2D eigenvalue weighted by molar-refractivity contribution is 7.38. The van der Waals surface area contributed by atoms with Gasteiger partial charge in [-0.25, -0.2) is 4.79 Å². The number of carboxylic acid groups (broad SMARTS) is 1. The van der Waals surface area contributed by atoms with E-state index in [0.29, 0.717) is 13.0 Å². The number of rotatable bonds is 9. The number of aromatic carboxylic acids is 1. The van der Waals surface area contributed by atoms with Crippen LogP contribution >= 0.6 is 8.03 Å². The van der Waals surface area contributed by atoms with Crippen molar-refractivity contribution in [3.05, 3.63) is 35.4 Å². The normalized spacial score (nSPS) is 19.6. The maximum Gasteiger partial charge on any atom is 0.509 e. The van der Waals surface area contributed by atoms with E-state index in [9.17, 15) is 19.4 Å². The summed E-state index contributed by atoms with van der Waals surface area (Å²) >= 11 is 0. The average Bonchev–Trinajstić information content (AvgIpc) is 2.64. The molecular weight excluding hydrogens is 353 g/mol. The van der Waals surface area contributed by atoms with Crippen molar-refractivity contribution in [3.8, 4) is 0 Å². The van der Waals surface area contributed by atoms with Gasteiger partial charge in [-0.05, 0) is 42.0 Å². The molecule has 0 heterocycles. The van der Waals surface area contributed by atoms with E-state index in [4.69, 9.17) is 5.11 Å². The van der Waals surface area contributed by atoms with Crippen molar-refractivity contribution in [2.24, 2.45) is 5.92 Å². The van der Waals surface area contributed by atoms with E-state index >= 15 is 0 Å². The summed E-state index contributed by atoms with van der Waals surface area (Å²) in [7, 11) is -2.30. The smallest absolute Gasteiger partial charge is 0.478 e. The number of benzene rings is 1. The van der Waals surface area contributed by atoms with Gasteiger partial charge in [-0.3, -0.25) is 0 Å². The number of hydrogen-bond acceptors (Lipinski definition) is 4. The van der Waals surface area contributed by atoms with E-state index in [1.54, 1.807) is 18.2 Å². The van der Waals surface area contributed by atoms with Gasteiger partial charge in [0.05, 0.1) is 11.7 Å². The quantitative estimate of drug-likeness (QED) is 0.487. The van der Waals surface area contributed by atoms with Crippen LogP contribution in [-0.2, 0) is 4.57 Å². The van der Waals surface area contributed by atoms with E-state index in [-0.39, 0.29) is 23.2 Å². The Labute approximate surface area is 155 Å². The van der Waals surface area contributed by atoms with Crippen molar-refractivity contribution < 1.29 is 24.5 Å². The standard InChI is InChI=1S/C19H28NO5P/c1-13(15-8-5-9-16(10-15)19(22)23)20-12-17(21)11-18(26(24)25)14-6-3-2-4-7-14/h5,8-10,13-14,17-18,20-21H,2-4,6-7,11-12H2,1H3,(H-,22,23,24,25)/p+1/t13-,17+,18?/m1/s1. The van der Waals surface area contributed by atoms with Crippen molar-refractivity contribution in [3.63, 3.8) is 0 Å². The fraction of sp³-hybridized carbons (Fsp3) is 0.632. The molecule has 1 aliphatic rings. The van der Waals surface area contributed by atoms with Crippen molar-refractivity contribution >= 4 is 14.0 Å². The molecule has 1 aromatic rings. The Morgan fingerprint density at radius 1 is 1.31 bits per heavy atom. The number of aliphatic hydroxyl groups excluding tert-OH is 1. The lowest BCUT2D eigenvalue weighted by molar-refractivity contribution is 0.0696. The Bertz CT molecular complexity index is 618. The van der Waals surface area contributed by atoms with Crippen molar-refractivity contribution in [1.29, 1.82) is 0 Å². The highest BCUT2D eigenvalue weighted by atomic mass is 31.1. The lowest BCUT2D eigenvalue weighted by Crippen LogP contribution is -2.33. The summed E-state index contributed by atoms with van der Waals surface area (Å²) in [6, 6.07) is 6.57. The van der Waals surface area contributed by atoms with Crippen molar-refractivity contribution in [1.82, 2.24) is 5.32 Å². The molecule has 7 heteroatoms. The van der Waals surface area contributed by atoms with Crippen LogP contribution in [0.5, 0.6) is 0 Å². The molecule has 0 aliphatic heterocycles. The molecule has 0 amide bonds. The van der Waals surface area contributed by atoms with Crippen molar-refractivity contribution in [2.75, 3.05) is 6.54 Å². The Morgan fingerprint density at radius 2 is 2.00 bits per heavy atom. The number of nitrogens with one attached hydrogen (secondary N) is 1. The first-order chi connectivity index (χ1) is 12.4. The summed E-state index contributed by atoms with van der Waals surface area (Å²) < 4.78 is 11.8. The van der Waals surface area contributed by atoms with E-state index in [0.717, 1.165) is 31.2 Å².